The van der Waals surface area contributed by atoms with Crippen LogP contribution in [-0.2, 0) is 26.1 Å². The second-order valence-corrected chi connectivity index (χ2v) is 11.7. The molecule has 1 aliphatic rings. The highest BCUT2D eigenvalue weighted by molar-refractivity contribution is 7.89. The van der Waals surface area contributed by atoms with Crippen LogP contribution in [0.1, 0.15) is 38.3 Å². The predicted octanol–water partition coefficient (Wildman–Crippen LogP) is 4.66. The fourth-order valence-corrected chi connectivity index (χ4v) is 4.66. The molecule has 194 valence electrons. The largest absolute Gasteiger partial charge is 0.444 e. The number of benzene rings is 2. The number of rotatable bonds is 10. The van der Waals surface area contributed by atoms with Crippen molar-refractivity contribution in [2.24, 2.45) is 10.5 Å². The number of nitrogens with one attached hydrogen (secondary N) is 1. The number of sulfonamides is 1. The van der Waals surface area contributed by atoms with Crippen LogP contribution >= 0.6 is 0 Å². The molecule has 2 aromatic carbocycles. The average molecular weight is 514 g/mol. The summed E-state index contributed by atoms with van der Waals surface area (Å²) in [6.45, 7) is 12.5. The summed E-state index contributed by atoms with van der Waals surface area (Å²) in [7, 11) is -3.78. The van der Waals surface area contributed by atoms with Crippen molar-refractivity contribution in [1.82, 2.24) is 9.73 Å². The van der Waals surface area contributed by atoms with Gasteiger partial charge >= 0.3 is 6.09 Å². The summed E-state index contributed by atoms with van der Waals surface area (Å²) in [5.74, 6) is 0. The molecule has 1 saturated heterocycles. The number of amides is 1. The Bertz CT molecular complexity index is 1170. The highest BCUT2D eigenvalue weighted by atomic mass is 32.2. The van der Waals surface area contributed by atoms with Crippen LogP contribution in [0.2, 0.25) is 0 Å². The third-order valence-corrected chi connectivity index (χ3v) is 7.12. The Hall–Kier alpha value is -3.17. The van der Waals surface area contributed by atoms with Gasteiger partial charge in [0, 0.05) is 25.7 Å². The molecule has 8 nitrogen and oxygen atoms in total. The number of nitrogens with zero attached hydrogens (tertiary/aromatic N) is 2. The molecule has 3 rings (SSSR count). The van der Waals surface area contributed by atoms with Gasteiger partial charge in [-0.15, -0.1) is 6.58 Å². The van der Waals surface area contributed by atoms with E-state index in [1.165, 1.54) is 18.3 Å². The Morgan fingerprint density at radius 3 is 2.39 bits per heavy atom. The quantitative estimate of drug-likeness (QED) is 0.283. The van der Waals surface area contributed by atoms with Crippen LogP contribution in [0.4, 0.5) is 4.79 Å². The maximum Gasteiger partial charge on any atom is 0.410 e. The molecule has 36 heavy (non-hydrogen) atoms. The molecule has 1 atom stereocenters. The van der Waals surface area contributed by atoms with Gasteiger partial charge in [-0.25, -0.2) is 9.63 Å². The van der Waals surface area contributed by atoms with Crippen molar-refractivity contribution in [2.45, 2.75) is 57.3 Å². The molecule has 0 bridgehead atoms. The van der Waals surface area contributed by atoms with E-state index >= 15 is 0 Å². The van der Waals surface area contributed by atoms with Crippen LogP contribution in [0.15, 0.2) is 77.2 Å². The number of hydrazone groups is 1. The minimum absolute atomic E-state index is 0.136. The van der Waals surface area contributed by atoms with E-state index in [2.05, 4.69) is 16.5 Å². The molecule has 1 heterocycles. The first-order valence-corrected chi connectivity index (χ1v) is 13.3. The predicted molar refractivity (Wildman–Crippen MR) is 140 cm³/mol. The minimum atomic E-state index is -3.78. The van der Waals surface area contributed by atoms with Crippen LogP contribution in [0, 0.1) is 12.3 Å². The summed E-state index contributed by atoms with van der Waals surface area (Å²) >= 11 is 0. The van der Waals surface area contributed by atoms with Gasteiger partial charge < -0.3 is 14.4 Å². The number of likely N-dealkylation sites (tertiary alicyclic amines) is 1. The number of carbonyl (C=O) groups excluding carboxylic acids is 1. The van der Waals surface area contributed by atoms with Gasteiger partial charge in [0.1, 0.15) is 5.60 Å². The zero-order chi connectivity index (χ0) is 26.4. The van der Waals surface area contributed by atoms with E-state index in [-0.39, 0.29) is 17.1 Å². The molecular weight excluding hydrogens is 478 g/mol. The molecule has 1 fully saturated rings. The van der Waals surface area contributed by atoms with E-state index in [0.717, 1.165) is 11.1 Å². The molecule has 0 aromatic heterocycles. The lowest BCUT2D eigenvalue weighted by atomic mass is 9.74. The first-order chi connectivity index (χ1) is 16.9. The second-order valence-electron chi connectivity index (χ2n) is 10.0. The zero-order valence-electron chi connectivity index (χ0n) is 21.3. The number of carbonyl (C=O) groups is 1. The van der Waals surface area contributed by atoms with E-state index in [9.17, 15) is 13.2 Å². The second kappa shape index (κ2) is 11.3. The summed E-state index contributed by atoms with van der Waals surface area (Å²) < 4.78 is 36.8. The molecule has 0 radical (unpaired) electrons. The van der Waals surface area contributed by atoms with Gasteiger partial charge in [-0.1, -0.05) is 54.1 Å². The minimum Gasteiger partial charge on any atom is -0.444 e. The molecule has 0 spiro atoms. The molecule has 0 aliphatic carbocycles. The fraction of sp³-hybridized carbons (Fsp3) is 0.407. The normalized spacial score (nSPS) is 16.3. The SMILES string of the molecule is C=CC1(C(C/C=N/NS(=O)(=O)c2ccc(C)cc2)OCc2ccccc2)CN(C(=O)OC(C)(C)C)C1. The highest BCUT2D eigenvalue weighted by Crippen LogP contribution is 2.39. The Labute approximate surface area is 214 Å². The van der Waals surface area contributed by atoms with Gasteiger partial charge in [-0.05, 0) is 45.4 Å². The molecule has 1 unspecified atom stereocenters. The van der Waals surface area contributed by atoms with Gasteiger partial charge in [0.25, 0.3) is 10.0 Å². The lowest BCUT2D eigenvalue weighted by molar-refractivity contribution is -0.0968. The molecule has 1 amide bonds. The number of ether oxygens (including phenoxy) is 2. The van der Waals surface area contributed by atoms with Crippen LogP contribution < -0.4 is 4.83 Å². The molecule has 1 aliphatic heterocycles. The summed E-state index contributed by atoms with van der Waals surface area (Å²) in [5, 5.41) is 3.96. The van der Waals surface area contributed by atoms with Crippen molar-refractivity contribution in [1.29, 1.82) is 0 Å². The topological polar surface area (TPSA) is 97.3 Å². The van der Waals surface area contributed by atoms with Crippen LogP contribution in [-0.4, -0.2) is 50.4 Å². The Kier molecular flexibility index (Phi) is 8.58. The van der Waals surface area contributed by atoms with Crippen LogP contribution in [0.3, 0.4) is 0 Å². The van der Waals surface area contributed by atoms with Crippen molar-refractivity contribution in [3.8, 4) is 0 Å². The van der Waals surface area contributed by atoms with Gasteiger partial charge in [0.2, 0.25) is 0 Å². The Morgan fingerprint density at radius 2 is 1.81 bits per heavy atom. The molecular formula is C27H35N3O5S. The highest BCUT2D eigenvalue weighted by Gasteiger charge is 2.50. The first-order valence-electron chi connectivity index (χ1n) is 11.8. The number of hydrogen-bond acceptors (Lipinski definition) is 6. The van der Waals surface area contributed by atoms with Gasteiger partial charge in [-0.3, -0.25) is 0 Å². The standard InChI is InChI=1S/C27H35N3O5S/c1-6-27(19-30(20-27)25(31)35-26(3,4)5)24(34-18-22-10-8-7-9-11-22)16-17-28-29-36(32,33)23-14-12-21(2)13-15-23/h6-15,17,24,29H,1,16,18-20H2,2-5H3/b28-17+. The monoisotopic (exact) mass is 513 g/mol. The third kappa shape index (κ3) is 7.18. The summed E-state index contributed by atoms with van der Waals surface area (Å²) in [5.41, 5.74) is 0.857. The van der Waals surface area contributed by atoms with Crippen LogP contribution in [0.25, 0.3) is 0 Å². The van der Waals surface area contributed by atoms with Gasteiger partial charge in [0.05, 0.1) is 23.0 Å². The van der Waals surface area contributed by atoms with E-state index < -0.39 is 21.0 Å². The average Bonchev–Trinajstić information content (AvgIpc) is 2.79. The van der Waals surface area contributed by atoms with Crippen molar-refractivity contribution in [3.05, 3.63) is 78.4 Å². The Morgan fingerprint density at radius 1 is 1.17 bits per heavy atom. The van der Waals surface area contributed by atoms with E-state index in [1.54, 1.807) is 23.1 Å². The van der Waals surface area contributed by atoms with E-state index in [1.807, 2.05) is 58.0 Å². The van der Waals surface area contributed by atoms with Crippen molar-refractivity contribution >= 4 is 22.3 Å². The van der Waals surface area contributed by atoms with Crippen molar-refractivity contribution in [2.75, 3.05) is 13.1 Å². The molecule has 0 saturated carbocycles. The summed E-state index contributed by atoms with van der Waals surface area (Å²) in [6.07, 6.45) is 2.83. The van der Waals surface area contributed by atoms with Crippen molar-refractivity contribution < 1.29 is 22.7 Å². The fourth-order valence-electron chi connectivity index (χ4n) is 3.85. The third-order valence-electron chi connectivity index (χ3n) is 5.88. The molecule has 9 heteroatoms. The lowest BCUT2D eigenvalue weighted by Crippen LogP contribution is -2.63. The summed E-state index contributed by atoms with van der Waals surface area (Å²) in [4.78, 5) is 16.5. The van der Waals surface area contributed by atoms with E-state index in [0.29, 0.717) is 26.1 Å². The lowest BCUT2D eigenvalue weighted by Gasteiger charge is -2.51. The number of hydrogen-bond donors (Lipinski definition) is 1. The van der Waals surface area contributed by atoms with Gasteiger partial charge in [0.15, 0.2) is 0 Å². The van der Waals surface area contributed by atoms with E-state index in [4.69, 9.17) is 9.47 Å². The smallest absolute Gasteiger partial charge is 0.410 e. The van der Waals surface area contributed by atoms with Crippen LogP contribution in [0.5, 0.6) is 0 Å². The first kappa shape index (κ1) is 27.4. The maximum absolute atomic E-state index is 12.5. The number of aryl methyl sites for hydroxylation is 1. The van der Waals surface area contributed by atoms with Crippen molar-refractivity contribution in [3.63, 3.8) is 0 Å². The Balaban J connectivity index is 1.69. The zero-order valence-corrected chi connectivity index (χ0v) is 22.1. The molecule has 2 aromatic rings. The van der Waals surface area contributed by atoms with Gasteiger partial charge in [-0.2, -0.15) is 13.5 Å². The summed E-state index contributed by atoms with van der Waals surface area (Å²) in [6, 6.07) is 16.3. The maximum atomic E-state index is 12.5. The molecule has 1 N–H and O–H groups in total.